The standard InChI is InChI=1S/C20H23ClN4O3/c1-14(26)20(22-2)13-24(10-3-11-25(20)19(27)28)18-9-6-16(12-23-18)15-4-7-17(21)8-5-15/h4-9,12,22H,3,10-11,13H2,1-2H3,(H,27,28). The number of carbonyl (C=O) groups excluding carboxylic acids is 1. The zero-order chi connectivity index (χ0) is 20.3. The fourth-order valence-electron chi connectivity index (χ4n) is 3.58. The number of rotatable bonds is 4. The fourth-order valence-corrected chi connectivity index (χ4v) is 3.71. The van der Waals surface area contributed by atoms with E-state index in [2.05, 4.69) is 10.3 Å². The number of aromatic nitrogens is 1. The van der Waals surface area contributed by atoms with E-state index in [-0.39, 0.29) is 18.9 Å². The molecular formula is C20H23ClN4O3. The molecule has 1 fully saturated rings. The highest BCUT2D eigenvalue weighted by molar-refractivity contribution is 6.30. The van der Waals surface area contributed by atoms with Crippen molar-refractivity contribution >= 4 is 29.3 Å². The molecule has 28 heavy (non-hydrogen) atoms. The van der Waals surface area contributed by atoms with Crippen molar-refractivity contribution in [3.05, 3.63) is 47.6 Å². The number of anilines is 1. The molecule has 8 heteroatoms. The number of ketones is 1. The van der Waals surface area contributed by atoms with Crippen molar-refractivity contribution in [2.24, 2.45) is 0 Å². The molecule has 3 rings (SSSR count). The van der Waals surface area contributed by atoms with Crippen molar-refractivity contribution in [2.45, 2.75) is 19.0 Å². The third-order valence-corrected chi connectivity index (χ3v) is 5.42. The Kier molecular flexibility index (Phi) is 5.86. The molecule has 1 atom stereocenters. The Bertz CT molecular complexity index is 857. The molecule has 2 aromatic rings. The predicted molar refractivity (Wildman–Crippen MR) is 109 cm³/mol. The van der Waals surface area contributed by atoms with E-state index in [0.717, 1.165) is 11.1 Å². The predicted octanol–water partition coefficient (Wildman–Crippen LogP) is 3.10. The number of likely N-dealkylation sites (N-methyl/N-ethyl adjacent to an activating group) is 1. The number of amides is 1. The maximum atomic E-state index is 12.4. The van der Waals surface area contributed by atoms with Gasteiger partial charge in [0, 0.05) is 29.9 Å². The third kappa shape index (κ3) is 3.81. The van der Waals surface area contributed by atoms with Crippen LogP contribution in [0.3, 0.4) is 0 Å². The van der Waals surface area contributed by atoms with Gasteiger partial charge in [-0.15, -0.1) is 0 Å². The van der Waals surface area contributed by atoms with E-state index in [4.69, 9.17) is 11.6 Å². The van der Waals surface area contributed by atoms with Gasteiger partial charge in [0.25, 0.3) is 0 Å². The summed E-state index contributed by atoms with van der Waals surface area (Å²) in [6, 6.07) is 11.4. The van der Waals surface area contributed by atoms with Crippen LogP contribution in [0.1, 0.15) is 13.3 Å². The molecule has 7 nitrogen and oxygen atoms in total. The van der Waals surface area contributed by atoms with Crippen LogP contribution in [-0.4, -0.2) is 59.2 Å². The van der Waals surface area contributed by atoms with Gasteiger partial charge in [0.1, 0.15) is 5.82 Å². The maximum Gasteiger partial charge on any atom is 0.409 e. The number of nitrogens with zero attached hydrogens (tertiary/aromatic N) is 3. The molecule has 1 amide bonds. The minimum Gasteiger partial charge on any atom is -0.465 e. The molecule has 1 aliphatic heterocycles. The van der Waals surface area contributed by atoms with Gasteiger partial charge >= 0.3 is 6.09 Å². The molecule has 2 N–H and O–H groups in total. The number of Topliss-reactive ketones (excluding diaryl/α,β-unsaturated/α-hetero) is 1. The van der Waals surface area contributed by atoms with E-state index < -0.39 is 11.8 Å². The minimum absolute atomic E-state index is 0.193. The van der Waals surface area contributed by atoms with Crippen molar-refractivity contribution in [3.8, 4) is 11.1 Å². The second kappa shape index (κ2) is 8.16. The average Bonchev–Trinajstić information content (AvgIpc) is 2.89. The average molecular weight is 403 g/mol. The summed E-state index contributed by atoms with van der Waals surface area (Å²) in [5.41, 5.74) is 0.650. The third-order valence-electron chi connectivity index (χ3n) is 5.17. The summed E-state index contributed by atoms with van der Waals surface area (Å²) < 4.78 is 0. The molecule has 1 saturated heterocycles. The lowest BCUT2D eigenvalue weighted by Gasteiger charge is -2.40. The highest BCUT2D eigenvalue weighted by atomic mass is 35.5. The lowest BCUT2D eigenvalue weighted by molar-refractivity contribution is -0.129. The topological polar surface area (TPSA) is 85.8 Å². The Hall–Kier alpha value is -2.64. The van der Waals surface area contributed by atoms with E-state index >= 15 is 0 Å². The molecule has 148 valence electrons. The number of benzene rings is 1. The van der Waals surface area contributed by atoms with Gasteiger partial charge in [0.2, 0.25) is 0 Å². The van der Waals surface area contributed by atoms with Gasteiger partial charge in [-0.25, -0.2) is 9.78 Å². The molecule has 0 aliphatic carbocycles. The quantitative estimate of drug-likeness (QED) is 0.817. The van der Waals surface area contributed by atoms with Crippen LogP contribution in [-0.2, 0) is 4.79 Å². The van der Waals surface area contributed by atoms with E-state index in [1.54, 1.807) is 13.2 Å². The van der Waals surface area contributed by atoms with Gasteiger partial charge in [0.05, 0.1) is 6.54 Å². The summed E-state index contributed by atoms with van der Waals surface area (Å²) in [5.74, 6) is 0.452. The van der Waals surface area contributed by atoms with Crippen LogP contribution in [0, 0.1) is 0 Å². The fraction of sp³-hybridized carbons (Fsp3) is 0.350. The van der Waals surface area contributed by atoms with Crippen LogP contribution in [0.2, 0.25) is 5.02 Å². The van der Waals surface area contributed by atoms with E-state index in [0.29, 0.717) is 23.8 Å². The summed E-state index contributed by atoms with van der Waals surface area (Å²) >= 11 is 5.94. The van der Waals surface area contributed by atoms with Crippen LogP contribution in [0.25, 0.3) is 11.1 Å². The highest BCUT2D eigenvalue weighted by Gasteiger charge is 2.46. The van der Waals surface area contributed by atoms with Gasteiger partial charge in [-0.2, -0.15) is 0 Å². The summed E-state index contributed by atoms with van der Waals surface area (Å²) in [5, 5.41) is 13.2. The molecule has 1 aliphatic rings. The van der Waals surface area contributed by atoms with E-state index in [1.807, 2.05) is 41.3 Å². The molecular weight excluding hydrogens is 380 g/mol. The molecule has 2 heterocycles. The molecule has 0 saturated carbocycles. The number of halogens is 1. The van der Waals surface area contributed by atoms with Crippen molar-refractivity contribution in [1.82, 2.24) is 15.2 Å². The summed E-state index contributed by atoms with van der Waals surface area (Å²) in [4.78, 5) is 31.9. The Labute approximate surface area is 168 Å². The van der Waals surface area contributed by atoms with Gasteiger partial charge in [0.15, 0.2) is 11.4 Å². The first kappa shape index (κ1) is 20.1. The molecule has 0 bridgehead atoms. The molecule has 1 aromatic heterocycles. The van der Waals surface area contributed by atoms with Crippen molar-refractivity contribution in [2.75, 3.05) is 31.6 Å². The maximum absolute atomic E-state index is 12.4. The molecule has 0 spiro atoms. The SMILES string of the molecule is CNC1(C(C)=O)CN(c2ccc(-c3ccc(Cl)cc3)cn2)CCCN1C(=O)O. The number of pyridine rings is 1. The Balaban J connectivity index is 1.89. The monoisotopic (exact) mass is 402 g/mol. The molecule has 1 unspecified atom stereocenters. The van der Waals surface area contributed by atoms with Gasteiger partial charge in [-0.05, 0) is 50.2 Å². The summed E-state index contributed by atoms with van der Waals surface area (Å²) in [6.45, 7) is 2.48. The van der Waals surface area contributed by atoms with Crippen LogP contribution >= 0.6 is 11.6 Å². The summed E-state index contributed by atoms with van der Waals surface area (Å²) in [7, 11) is 1.61. The number of hydrogen-bond donors (Lipinski definition) is 2. The summed E-state index contributed by atoms with van der Waals surface area (Å²) in [6.07, 6.45) is 1.26. The van der Waals surface area contributed by atoms with Crippen LogP contribution < -0.4 is 10.2 Å². The van der Waals surface area contributed by atoms with E-state index in [9.17, 15) is 14.7 Å². The van der Waals surface area contributed by atoms with Gasteiger partial charge in [-0.1, -0.05) is 23.7 Å². The zero-order valence-corrected chi connectivity index (χ0v) is 16.6. The number of hydrogen-bond acceptors (Lipinski definition) is 5. The Morgan fingerprint density at radius 3 is 2.36 bits per heavy atom. The van der Waals surface area contributed by atoms with E-state index in [1.165, 1.54) is 11.8 Å². The molecule has 1 aromatic carbocycles. The number of nitrogens with one attached hydrogen (secondary N) is 1. The normalized spacial score (nSPS) is 20.0. The first-order valence-electron chi connectivity index (χ1n) is 9.05. The molecule has 0 radical (unpaired) electrons. The van der Waals surface area contributed by atoms with Gasteiger partial charge < -0.3 is 10.0 Å². The Morgan fingerprint density at radius 2 is 1.82 bits per heavy atom. The van der Waals surface area contributed by atoms with Crippen LogP contribution in [0.15, 0.2) is 42.6 Å². The van der Waals surface area contributed by atoms with Crippen LogP contribution in [0.5, 0.6) is 0 Å². The second-order valence-corrected chi connectivity index (χ2v) is 7.22. The first-order valence-corrected chi connectivity index (χ1v) is 9.42. The number of carboxylic acid groups (broad SMARTS) is 1. The second-order valence-electron chi connectivity index (χ2n) is 6.79. The first-order chi connectivity index (χ1) is 13.4. The lowest BCUT2D eigenvalue weighted by Crippen LogP contribution is -2.67. The van der Waals surface area contributed by atoms with Crippen molar-refractivity contribution in [3.63, 3.8) is 0 Å². The smallest absolute Gasteiger partial charge is 0.409 e. The van der Waals surface area contributed by atoms with Crippen molar-refractivity contribution in [1.29, 1.82) is 0 Å². The zero-order valence-electron chi connectivity index (χ0n) is 15.9. The minimum atomic E-state index is -1.31. The lowest BCUT2D eigenvalue weighted by atomic mass is 10.0. The van der Waals surface area contributed by atoms with Crippen LogP contribution in [0.4, 0.5) is 10.6 Å². The van der Waals surface area contributed by atoms with Gasteiger partial charge in [-0.3, -0.25) is 15.0 Å². The number of carbonyl (C=O) groups is 2. The largest absolute Gasteiger partial charge is 0.465 e. The van der Waals surface area contributed by atoms with Crippen molar-refractivity contribution < 1.29 is 14.7 Å². The highest BCUT2D eigenvalue weighted by Crippen LogP contribution is 2.26. The Morgan fingerprint density at radius 1 is 1.14 bits per heavy atom.